The summed E-state index contributed by atoms with van der Waals surface area (Å²) in [5, 5.41) is 0. The Bertz CT molecular complexity index is 604. The van der Waals surface area contributed by atoms with Crippen molar-refractivity contribution in [1.82, 2.24) is 4.90 Å². The number of benzene rings is 1. The molecule has 25 heavy (non-hydrogen) atoms. The van der Waals surface area contributed by atoms with E-state index in [0.29, 0.717) is 6.61 Å². The molecule has 0 bridgehead atoms. The zero-order valence-corrected chi connectivity index (χ0v) is 15.5. The van der Waals surface area contributed by atoms with Gasteiger partial charge in [-0.1, -0.05) is 38.1 Å². The molecule has 0 aliphatic carbocycles. The van der Waals surface area contributed by atoms with E-state index in [2.05, 4.69) is 29.2 Å². The van der Waals surface area contributed by atoms with Crippen molar-refractivity contribution < 1.29 is 14.3 Å². The van der Waals surface area contributed by atoms with Crippen LogP contribution in [0.3, 0.4) is 0 Å². The smallest absolute Gasteiger partial charge is 0.323 e. The van der Waals surface area contributed by atoms with Crippen LogP contribution in [0.5, 0.6) is 0 Å². The third kappa shape index (κ3) is 3.73. The molecular formula is C20H30N2O3. The van der Waals surface area contributed by atoms with Crippen molar-refractivity contribution in [3.8, 4) is 0 Å². The van der Waals surface area contributed by atoms with Gasteiger partial charge in [-0.15, -0.1) is 0 Å². The minimum atomic E-state index is -0.584. The number of esters is 1. The van der Waals surface area contributed by atoms with E-state index in [-0.39, 0.29) is 30.1 Å². The summed E-state index contributed by atoms with van der Waals surface area (Å²) in [5.41, 5.74) is 8.66. The van der Waals surface area contributed by atoms with Crippen molar-refractivity contribution in [3.05, 3.63) is 35.4 Å². The molecule has 4 atom stereocenters. The Labute approximate surface area is 150 Å². The van der Waals surface area contributed by atoms with Crippen molar-refractivity contribution in [1.29, 1.82) is 0 Å². The van der Waals surface area contributed by atoms with E-state index in [1.165, 1.54) is 11.1 Å². The fraction of sp³-hybridized carbons (Fsp3) is 0.650. The van der Waals surface area contributed by atoms with Gasteiger partial charge in [-0.05, 0) is 36.8 Å². The van der Waals surface area contributed by atoms with Gasteiger partial charge in [-0.25, -0.2) is 0 Å². The van der Waals surface area contributed by atoms with Crippen molar-refractivity contribution in [2.75, 3.05) is 19.7 Å². The molecule has 0 aromatic heterocycles. The lowest BCUT2D eigenvalue weighted by Crippen LogP contribution is -2.55. The first-order valence-corrected chi connectivity index (χ1v) is 9.42. The summed E-state index contributed by atoms with van der Waals surface area (Å²) in [5.74, 6) is -0.254. The molecule has 0 saturated carbocycles. The van der Waals surface area contributed by atoms with Crippen LogP contribution in [0.25, 0.3) is 0 Å². The van der Waals surface area contributed by atoms with Gasteiger partial charge in [0.05, 0.1) is 6.04 Å². The Kier molecular flexibility index (Phi) is 5.77. The molecule has 2 aliphatic rings. The maximum atomic E-state index is 12.4. The van der Waals surface area contributed by atoms with Crippen LogP contribution in [0.2, 0.25) is 0 Å². The van der Waals surface area contributed by atoms with E-state index in [4.69, 9.17) is 15.2 Å². The Balaban J connectivity index is 1.84. The van der Waals surface area contributed by atoms with Gasteiger partial charge in [0.1, 0.15) is 18.2 Å². The van der Waals surface area contributed by atoms with Gasteiger partial charge in [0.15, 0.2) is 0 Å². The Morgan fingerprint density at radius 1 is 1.32 bits per heavy atom. The van der Waals surface area contributed by atoms with Crippen molar-refractivity contribution >= 4 is 5.97 Å². The molecule has 0 spiro atoms. The van der Waals surface area contributed by atoms with Crippen LogP contribution < -0.4 is 5.73 Å². The van der Waals surface area contributed by atoms with Crippen LogP contribution in [-0.2, 0) is 20.7 Å². The zero-order valence-electron chi connectivity index (χ0n) is 15.5. The average molecular weight is 346 g/mol. The Morgan fingerprint density at radius 2 is 2.08 bits per heavy atom. The normalized spacial score (nSPS) is 27.5. The quantitative estimate of drug-likeness (QED) is 0.829. The van der Waals surface area contributed by atoms with E-state index in [1.54, 1.807) is 0 Å². The average Bonchev–Trinajstić information content (AvgIpc) is 2.62. The number of hydrogen-bond donors (Lipinski definition) is 1. The van der Waals surface area contributed by atoms with Crippen molar-refractivity contribution in [3.63, 3.8) is 0 Å². The summed E-state index contributed by atoms with van der Waals surface area (Å²) in [4.78, 5) is 14.9. The van der Waals surface area contributed by atoms with Crippen LogP contribution in [0.1, 0.15) is 44.4 Å². The number of carbonyl (C=O) groups excluding carboxylic acids is 1. The van der Waals surface area contributed by atoms with Crippen LogP contribution in [0.4, 0.5) is 0 Å². The second kappa shape index (κ2) is 7.85. The molecule has 2 N–H and O–H groups in total. The van der Waals surface area contributed by atoms with Crippen LogP contribution in [-0.4, -0.2) is 48.8 Å². The molecule has 4 unspecified atom stereocenters. The van der Waals surface area contributed by atoms with Gasteiger partial charge in [0.25, 0.3) is 0 Å². The number of ether oxygens (including phenoxy) is 2. The lowest BCUT2D eigenvalue weighted by Gasteiger charge is -2.47. The Hall–Kier alpha value is -1.43. The molecule has 0 amide bonds. The standard InChI is InChI=1S/C20H30N2O3/c1-4-24-19-16(25-20(23)17(21)13(2)3)10-12-22-11-9-14-7-5-6-8-15(14)18(19)22/h5-8,13,16-19H,4,9-12,21H2,1-3H3. The summed E-state index contributed by atoms with van der Waals surface area (Å²) in [6.07, 6.45) is 1.46. The molecule has 1 aromatic carbocycles. The van der Waals surface area contributed by atoms with E-state index >= 15 is 0 Å². The second-order valence-electron chi connectivity index (χ2n) is 7.38. The third-order valence-electron chi connectivity index (χ3n) is 5.43. The van der Waals surface area contributed by atoms with Crippen molar-refractivity contribution in [2.24, 2.45) is 11.7 Å². The van der Waals surface area contributed by atoms with E-state index in [0.717, 1.165) is 25.9 Å². The van der Waals surface area contributed by atoms with E-state index in [9.17, 15) is 4.79 Å². The fourth-order valence-electron chi connectivity index (χ4n) is 3.96. The van der Waals surface area contributed by atoms with Gasteiger partial charge < -0.3 is 15.2 Å². The molecule has 2 heterocycles. The maximum absolute atomic E-state index is 12.4. The molecule has 5 nitrogen and oxygen atoms in total. The number of hydrogen-bond acceptors (Lipinski definition) is 5. The molecule has 1 fully saturated rings. The highest BCUT2D eigenvalue weighted by Crippen LogP contribution is 2.39. The highest BCUT2D eigenvalue weighted by atomic mass is 16.6. The number of nitrogens with zero attached hydrogens (tertiary/aromatic N) is 1. The molecule has 0 radical (unpaired) electrons. The minimum Gasteiger partial charge on any atom is -0.458 e. The first-order valence-electron chi connectivity index (χ1n) is 9.42. The fourth-order valence-corrected chi connectivity index (χ4v) is 3.96. The highest BCUT2D eigenvalue weighted by Gasteiger charge is 2.44. The first kappa shape index (κ1) is 18.4. The number of carbonyl (C=O) groups is 1. The molecule has 5 heteroatoms. The number of nitrogens with two attached hydrogens (primary N) is 1. The van der Waals surface area contributed by atoms with E-state index in [1.807, 2.05) is 20.8 Å². The summed E-state index contributed by atoms with van der Waals surface area (Å²) in [6, 6.07) is 8.11. The first-order chi connectivity index (χ1) is 12.0. The second-order valence-corrected chi connectivity index (χ2v) is 7.38. The third-order valence-corrected chi connectivity index (χ3v) is 5.43. The Morgan fingerprint density at radius 3 is 2.80 bits per heavy atom. The molecule has 1 aromatic rings. The molecule has 3 rings (SSSR count). The van der Waals surface area contributed by atoms with Gasteiger partial charge in [0.2, 0.25) is 0 Å². The topological polar surface area (TPSA) is 64.8 Å². The van der Waals surface area contributed by atoms with Gasteiger partial charge >= 0.3 is 5.97 Å². The molecule has 138 valence electrons. The largest absolute Gasteiger partial charge is 0.458 e. The lowest BCUT2D eigenvalue weighted by atomic mass is 9.83. The maximum Gasteiger partial charge on any atom is 0.323 e. The molecular weight excluding hydrogens is 316 g/mol. The number of piperidine rings is 1. The zero-order chi connectivity index (χ0) is 18.0. The summed E-state index contributed by atoms with van der Waals surface area (Å²) in [7, 11) is 0. The number of rotatable bonds is 5. The predicted molar refractivity (Wildman–Crippen MR) is 97.2 cm³/mol. The minimum absolute atomic E-state index is 0.0635. The number of fused-ring (bicyclic) bond motifs is 3. The molecule has 1 saturated heterocycles. The van der Waals surface area contributed by atoms with Crippen LogP contribution in [0, 0.1) is 5.92 Å². The molecule has 2 aliphatic heterocycles. The summed E-state index contributed by atoms with van der Waals surface area (Å²) < 4.78 is 11.9. The van der Waals surface area contributed by atoms with Crippen LogP contribution >= 0.6 is 0 Å². The monoisotopic (exact) mass is 346 g/mol. The van der Waals surface area contributed by atoms with Crippen molar-refractivity contribution in [2.45, 2.75) is 57.9 Å². The predicted octanol–water partition coefficient (Wildman–Crippen LogP) is 2.29. The highest BCUT2D eigenvalue weighted by molar-refractivity contribution is 5.76. The van der Waals surface area contributed by atoms with E-state index < -0.39 is 6.04 Å². The van der Waals surface area contributed by atoms with Gasteiger partial charge in [-0.3, -0.25) is 9.69 Å². The van der Waals surface area contributed by atoms with Crippen LogP contribution in [0.15, 0.2) is 24.3 Å². The van der Waals surface area contributed by atoms with Gasteiger partial charge in [0, 0.05) is 19.7 Å². The van der Waals surface area contributed by atoms with Gasteiger partial charge in [-0.2, -0.15) is 0 Å². The SMILES string of the molecule is CCOC1C(OC(=O)C(N)C(C)C)CCN2CCc3ccccc3C12. The summed E-state index contributed by atoms with van der Waals surface area (Å²) in [6.45, 7) is 8.40. The summed E-state index contributed by atoms with van der Waals surface area (Å²) >= 11 is 0. The lowest BCUT2D eigenvalue weighted by molar-refractivity contribution is -0.173.